The zero-order chi connectivity index (χ0) is 13.9. The van der Waals surface area contributed by atoms with Crippen LogP contribution in [0.3, 0.4) is 0 Å². The second-order valence-corrected chi connectivity index (χ2v) is 4.73. The van der Waals surface area contributed by atoms with Crippen LogP contribution in [0, 0.1) is 25.7 Å². The van der Waals surface area contributed by atoms with Crippen LogP contribution in [-0.4, -0.2) is 11.9 Å². The van der Waals surface area contributed by atoms with E-state index in [0.717, 1.165) is 16.7 Å². The van der Waals surface area contributed by atoms with Gasteiger partial charge in [-0.3, -0.25) is 0 Å². The number of hydrogen-bond donors (Lipinski definition) is 0. The van der Waals surface area contributed by atoms with Crippen LogP contribution < -0.4 is 10.2 Å². The third-order valence-electron chi connectivity index (χ3n) is 3.02. The molecule has 4 heteroatoms. The summed E-state index contributed by atoms with van der Waals surface area (Å²) in [5, 5.41) is 21.8. The summed E-state index contributed by atoms with van der Waals surface area (Å²) in [6, 6.07) is 5.68. The molecule has 0 heterocycles. The van der Waals surface area contributed by atoms with Gasteiger partial charge >= 0.3 is 0 Å². The lowest BCUT2D eigenvalue weighted by Crippen LogP contribution is -2.43. The van der Waals surface area contributed by atoms with Gasteiger partial charge in [0, 0.05) is 23.8 Å². The maximum Gasteiger partial charge on any atom is 0.0455 e. The summed E-state index contributed by atoms with van der Waals surface area (Å²) in [4.78, 5) is 21.8. The van der Waals surface area contributed by atoms with Gasteiger partial charge in [0.05, 0.1) is 0 Å². The topological polar surface area (TPSA) is 80.3 Å². The van der Waals surface area contributed by atoms with Crippen molar-refractivity contribution in [2.75, 3.05) is 0 Å². The number of aryl methyl sites for hydroxylation is 2. The van der Waals surface area contributed by atoms with E-state index in [0.29, 0.717) is 0 Å². The van der Waals surface area contributed by atoms with E-state index in [2.05, 4.69) is 0 Å². The Morgan fingerprint density at radius 2 is 1.56 bits per heavy atom. The Morgan fingerprint density at radius 1 is 1.06 bits per heavy atom. The fourth-order valence-corrected chi connectivity index (χ4v) is 2.07. The zero-order valence-corrected chi connectivity index (χ0v) is 10.7. The van der Waals surface area contributed by atoms with Gasteiger partial charge in [0.1, 0.15) is 0 Å². The molecule has 1 aromatic rings. The first kappa shape index (κ1) is 14.2. The van der Waals surface area contributed by atoms with Crippen LogP contribution in [0.15, 0.2) is 18.2 Å². The molecule has 0 spiro atoms. The van der Waals surface area contributed by atoms with Crippen molar-refractivity contribution in [3.05, 3.63) is 34.9 Å². The number of benzene rings is 1. The number of hydrogen-bond acceptors (Lipinski definition) is 4. The highest BCUT2D eigenvalue weighted by molar-refractivity contribution is 5.77. The van der Waals surface area contributed by atoms with Crippen molar-refractivity contribution >= 4 is 11.9 Å². The van der Waals surface area contributed by atoms with Crippen LogP contribution in [0.1, 0.15) is 23.6 Å². The summed E-state index contributed by atoms with van der Waals surface area (Å²) in [5.74, 6) is -4.87. The third-order valence-corrected chi connectivity index (χ3v) is 3.02. The van der Waals surface area contributed by atoms with Crippen LogP contribution in [0.2, 0.25) is 0 Å². The second kappa shape index (κ2) is 5.67. The average Bonchev–Trinajstić information content (AvgIpc) is 2.23. The maximum absolute atomic E-state index is 11.0. The van der Waals surface area contributed by atoms with Crippen molar-refractivity contribution in [2.45, 2.75) is 27.2 Å². The van der Waals surface area contributed by atoms with Gasteiger partial charge < -0.3 is 19.8 Å². The average molecular weight is 248 g/mol. The normalized spacial score (nSPS) is 13.9. The fraction of sp³-hybridized carbons (Fsp3) is 0.429. The fourth-order valence-electron chi connectivity index (χ4n) is 2.07. The van der Waals surface area contributed by atoms with Crippen LogP contribution in [0.25, 0.3) is 0 Å². The largest absolute Gasteiger partial charge is 0.550 e. The number of aliphatic carboxylic acids is 2. The standard InChI is InChI=1S/C14H18O4/c1-8-4-9(2)6-11(5-8)7-12(14(17)18)10(3)13(15)16/h4-6,10,12H,7H2,1-3H3,(H,15,16)(H,17,18)/p-2/t10-,12-/m1/s1. The molecule has 98 valence electrons. The lowest BCUT2D eigenvalue weighted by atomic mass is 9.87. The highest BCUT2D eigenvalue weighted by Gasteiger charge is 2.20. The van der Waals surface area contributed by atoms with Gasteiger partial charge in [0.25, 0.3) is 0 Å². The van der Waals surface area contributed by atoms with Gasteiger partial charge in [-0.05, 0) is 25.8 Å². The van der Waals surface area contributed by atoms with Gasteiger partial charge in [0.2, 0.25) is 0 Å². The van der Waals surface area contributed by atoms with E-state index in [1.54, 1.807) is 0 Å². The van der Waals surface area contributed by atoms with Gasteiger partial charge in [-0.2, -0.15) is 0 Å². The Morgan fingerprint density at radius 3 is 1.94 bits per heavy atom. The van der Waals surface area contributed by atoms with E-state index in [4.69, 9.17) is 0 Å². The molecule has 1 rings (SSSR count). The first-order valence-electron chi connectivity index (χ1n) is 5.80. The van der Waals surface area contributed by atoms with Crippen molar-refractivity contribution in [3.63, 3.8) is 0 Å². The predicted molar refractivity (Wildman–Crippen MR) is 62.3 cm³/mol. The molecule has 0 aliphatic rings. The van der Waals surface area contributed by atoms with Gasteiger partial charge in [-0.15, -0.1) is 0 Å². The van der Waals surface area contributed by atoms with E-state index in [1.165, 1.54) is 6.92 Å². The summed E-state index contributed by atoms with van der Waals surface area (Å²) < 4.78 is 0. The monoisotopic (exact) mass is 248 g/mol. The first-order chi connectivity index (χ1) is 8.31. The minimum absolute atomic E-state index is 0.139. The molecule has 2 atom stereocenters. The lowest BCUT2D eigenvalue weighted by Gasteiger charge is -2.26. The Labute approximate surface area is 106 Å². The Balaban J connectivity index is 2.96. The Hall–Kier alpha value is -1.84. The van der Waals surface area contributed by atoms with Gasteiger partial charge in [-0.1, -0.05) is 36.2 Å². The van der Waals surface area contributed by atoms with Crippen LogP contribution in [0.4, 0.5) is 0 Å². The molecule has 0 unspecified atom stereocenters. The van der Waals surface area contributed by atoms with Crippen LogP contribution in [-0.2, 0) is 16.0 Å². The van der Waals surface area contributed by atoms with E-state index in [-0.39, 0.29) is 6.42 Å². The number of carboxylic acids is 2. The molecular formula is C14H16O4-2. The first-order valence-corrected chi connectivity index (χ1v) is 5.80. The van der Waals surface area contributed by atoms with Crippen molar-refractivity contribution < 1.29 is 19.8 Å². The van der Waals surface area contributed by atoms with Crippen LogP contribution >= 0.6 is 0 Å². The molecule has 0 bridgehead atoms. The summed E-state index contributed by atoms with van der Waals surface area (Å²) in [7, 11) is 0. The maximum atomic E-state index is 11.0. The molecular weight excluding hydrogens is 232 g/mol. The van der Waals surface area contributed by atoms with Crippen molar-refractivity contribution in [3.8, 4) is 0 Å². The highest BCUT2D eigenvalue weighted by atomic mass is 16.4. The summed E-state index contributed by atoms with van der Waals surface area (Å²) in [5.41, 5.74) is 2.83. The summed E-state index contributed by atoms with van der Waals surface area (Å²) in [6.45, 7) is 5.15. The third kappa shape index (κ3) is 3.58. The SMILES string of the molecule is Cc1cc(C)cc(C[C@@H](C(=O)[O-])[C@@H](C)C(=O)[O-])c1. The molecule has 0 radical (unpaired) electrons. The molecule has 0 fully saturated rings. The number of rotatable bonds is 5. The highest BCUT2D eigenvalue weighted by Crippen LogP contribution is 2.19. The van der Waals surface area contributed by atoms with E-state index < -0.39 is 23.8 Å². The minimum atomic E-state index is -1.37. The van der Waals surface area contributed by atoms with Crippen molar-refractivity contribution in [2.24, 2.45) is 11.8 Å². The van der Waals surface area contributed by atoms with Gasteiger partial charge in [0.15, 0.2) is 0 Å². The van der Waals surface area contributed by atoms with E-state index >= 15 is 0 Å². The van der Waals surface area contributed by atoms with Gasteiger partial charge in [-0.25, -0.2) is 0 Å². The molecule has 0 saturated heterocycles. The van der Waals surface area contributed by atoms with E-state index in [1.807, 2.05) is 32.0 Å². The summed E-state index contributed by atoms with van der Waals surface area (Å²) >= 11 is 0. The number of carboxylic acid groups (broad SMARTS) is 2. The number of carbonyl (C=O) groups is 2. The molecule has 4 nitrogen and oxygen atoms in total. The predicted octanol–water partition coefficient (Wildman–Crippen LogP) is -0.402. The molecule has 0 aromatic heterocycles. The van der Waals surface area contributed by atoms with Crippen molar-refractivity contribution in [1.29, 1.82) is 0 Å². The quantitative estimate of drug-likeness (QED) is 0.710. The molecule has 0 amide bonds. The molecule has 0 aliphatic carbocycles. The van der Waals surface area contributed by atoms with Crippen molar-refractivity contribution in [1.82, 2.24) is 0 Å². The zero-order valence-electron chi connectivity index (χ0n) is 10.7. The smallest absolute Gasteiger partial charge is 0.0455 e. The lowest BCUT2D eigenvalue weighted by molar-refractivity contribution is -0.326. The molecule has 0 N–H and O–H groups in total. The Kier molecular flexibility index (Phi) is 4.48. The van der Waals surface area contributed by atoms with Crippen LogP contribution in [0.5, 0.6) is 0 Å². The minimum Gasteiger partial charge on any atom is -0.550 e. The number of carbonyl (C=O) groups excluding carboxylic acids is 2. The van der Waals surface area contributed by atoms with E-state index in [9.17, 15) is 19.8 Å². The summed E-state index contributed by atoms with van der Waals surface area (Å²) in [6.07, 6.45) is 0.139. The Bertz CT molecular complexity index is 445. The molecule has 1 aromatic carbocycles. The molecule has 0 aliphatic heterocycles. The molecule has 18 heavy (non-hydrogen) atoms. The molecule has 0 saturated carbocycles. The second-order valence-electron chi connectivity index (χ2n) is 4.73.